The summed E-state index contributed by atoms with van der Waals surface area (Å²) in [6, 6.07) is 6.33. The van der Waals surface area contributed by atoms with Crippen LogP contribution in [0.3, 0.4) is 0 Å². The van der Waals surface area contributed by atoms with Gasteiger partial charge in [0.25, 0.3) is 0 Å². The monoisotopic (exact) mass is 408 g/mol. The first-order chi connectivity index (χ1) is 14.2. The van der Waals surface area contributed by atoms with Crippen LogP contribution in [0.15, 0.2) is 70.7 Å². The van der Waals surface area contributed by atoms with E-state index in [0.717, 1.165) is 6.08 Å². The van der Waals surface area contributed by atoms with Crippen molar-refractivity contribution in [2.45, 2.75) is 32.0 Å². The first kappa shape index (κ1) is 19.7. The van der Waals surface area contributed by atoms with Crippen LogP contribution in [-0.2, 0) is 19.1 Å². The van der Waals surface area contributed by atoms with Crippen LogP contribution in [0, 0.1) is 0 Å². The Hall–Kier alpha value is -3.61. The number of ketones is 2. The Bertz CT molecular complexity index is 1090. The summed E-state index contributed by atoms with van der Waals surface area (Å²) in [7, 11) is 1.51. The fraction of sp³-hybridized carbons (Fsp3) is 0.261. The molecular formula is C23H20O7. The van der Waals surface area contributed by atoms with Crippen molar-refractivity contribution in [1.82, 2.24) is 0 Å². The third-order valence-electron chi connectivity index (χ3n) is 5.45. The average molecular weight is 408 g/mol. The zero-order valence-corrected chi connectivity index (χ0v) is 16.7. The minimum absolute atomic E-state index is 0.125. The summed E-state index contributed by atoms with van der Waals surface area (Å²) in [6.07, 6.45) is 4.37. The van der Waals surface area contributed by atoms with Gasteiger partial charge >= 0.3 is 5.97 Å². The number of methoxy groups -OCH3 is 1. The molecule has 0 fully saturated rings. The number of aliphatic hydroxyl groups is 1. The van der Waals surface area contributed by atoms with Crippen molar-refractivity contribution in [2.24, 2.45) is 0 Å². The topological polar surface area (TPSA) is 99.1 Å². The highest BCUT2D eigenvalue weighted by molar-refractivity contribution is 6.16. The highest BCUT2D eigenvalue weighted by Crippen LogP contribution is 2.45. The van der Waals surface area contributed by atoms with E-state index in [-0.39, 0.29) is 17.3 Å². The quantitative estimate of drug-likeness (QED) is 0.354. The fourth-order valence-electron chi connectivity index (χ4n) is 3.79. The van der Waals surface area contributed by atoms with Crippen molar-refractivity contribution in [2.75, 3.05) is 7.11 Å². The van der Waals surface area contributed by atoms with E-state index in [9.17, 15) is 19.5 Å². The van der Waals surface area contributed by atoms with Crippen LogP contribution in [0.4, 0.5) is 0 Å². The molecule has 3 aliphatic rings. The Labute approximate surface area is 172 Å². The number of carbonyl (C=O) groups is 3. The number of ether oxygens (including phenoxy) is 3. The third kappa shape index (κ3) is 3.03. The molecular weight excluding hydrogens is 388 g/mol. The van der Waals surface area contributed by atoms with E-state index in [1.807, 2.05) is 6.92 Å². The summed E-state index contributed by atoms with van der Waals surface area (Å²) in [5.74, 6) is -1.74. The van der Waals surface area contributed by atoms with Gasteiger partial charge in [-0.05, 0) is 49.8 Å². The molecule has 7 nitrogen and oxygen atoms in total. The van der Waals surface area contributed by atoms with Crippen LogP contribution >= 0.6 is 0 Å². The SMILES string of the molecule is COc1ccc(C(=O)/C=C(\O)C2=C3C=C4CC(C)OC=C4C(=O)C3(C)OC2=O)cc1. The molecule has 2 unspecified atom stereocenters. The normalized spacial score (nSPS) is 25.6. The van der Waals surface area contributed by atoms with E-state index in [4.69, 9.17) is 14.2 Å². The van der Waals surface area contributed by atoms with Crippen molar-refractivity contribution in [3.63, 3.8) is 0 Å². The molecule has 0 spiro atoms. The maximum absolute atomic E-state index is 13.0. The molecule has 7 heteroatoms. The van der Waals surface area contributed by atoms with Crippen LogP contribution in [0.25, 0.3) is 0 Å². The Morgan fingerprint density at radius 1 is 1.27 bits per heavy atom. The standard InChI is InChI=1S/C23H20O7/c1-12-8-14-9-17-20(22(27)30-23(17,2)21(26)16(14)11-29-12)19(25)10-18(24)13-4-6-15(28-3)7-5-13/h4-7,9-12,25H,8H2,1-3H3/b19-10-. The molecule has 1 aromatic carbocycles. The van der Waals surface area contributed by atoms with Gasteiger partial charge in [-0.1, -0.05) is 0 Å². The molecule has 1 aromatic rings. The predicted molar refractivity (Wildman–Crippen MR) is 106 cm³/mol. The van der Waals surface area contributed by atoms with E-state index in [0.29, 0.717) is 28.9 Å². The first-order valence-corrected chi connectivity index (χ1v) is 9.43. The van der Waals surface area contributed by atoms with E-state index >= 15 is 0 Å². The second kappa shape index (κ2) is 7.02. The maximum atomic E-state index is 13.0. The zero-order valence-electron chi connectivity index (χ0n) is 16.7. The predicted octanol–water partition coefficient (Wildman–Crippen LogP) is 3.13. The van der Waals surface area contributed by atoms with E-state index < -0.39 is 28.9 Å². The molecule has 0 saturated carbocycles. The molecule has 4 rings (SSSR count). The number of hydrogen-bond acceptors (Lipinski definition) is 7. The van der Waals surface area contributed by atoms with Gasteiger partial charge in [0.2, 0.25) is 5.78 Å². The van der Waals surface area contributed by atoms with Gasteiger partial charge in [0.05, 0.1) is 25.0 Å². The van der Waals surface area contributed by atoms with Gasteiger partial charge < -0.3 is 19.3 Å². The minimum atomic E-state index is -1.57. The summed E-state index contributed by atoms with van der Waals surface area (Å²) in [6.45, 7) is 3.34. The summed E-state index contributed by atoms with van der Waals surface area (Å²) in [5, 5.41) is 10.6. The van der Waals surface area contributed by atoms with Crippen molar-refractivity contribution >= 4 is 17.5 Å². The lowest BCUT2D eigenvalue weighted by molar-refractivity contribution is -0.152. The summed E-state index contributed by atoms with van der Waals surface area (Å²) in [5.41, 5.74) is -0.143. The summed E-state index contributed by atoms with van der Waals surface area (Å²) in [4.78, 5) is 38.1. The highest BCUT2D eigenvalue weighted by Gasteiger charge is 2.54. The number of fused-ring (bicyclic) bond motifs is 2. The fourth-order valence-corrected chi connectivity index (χ4v) is 3.79. The number of Topliss-reactive ketones (excluding diaryl/α,β-unsaturated/α-hetero) is 1. The lowest BCUT2D eigenvalue weighted by Crippen LogP contribution is -2.42. The number of carbonyl (C=O) groups excluding carboxylic acids is 3. The second-order valence-corrected chi connectivity index (χ2v) is 7.51. The van der Waals surface area contributed by atoms with E-state index in [2.05, 4.69) is 0 Å². The molecule has 1 aliphatic carbocycles. The minimum Gasteiger partial charge on any atom is -0.507 e. The number of benzene rings is 1. The molecule has 2 atom stereocenters. The van der Waals surface area contributed by atoms with Crippen molar-refractivity contribution in [3.05, 3.63) is 76.3 Å². The van der Waals surface area contributed by atoms with Gasteiger partial charge in [0.1, 0.15) is 17.1 Å². The van der Waals surface area contributed by atoms with Gasteiger partial charge in [-0.3, -0.25) is 9.59 Å². The third-order valence-corrected chi connectivity index (χ3v) is 5.45. The Balaban J connectivity index is 1.76. The second-order valence-electron chi connectivity index (χ2n) is 7.51. The molecule has 1 N–H and O–H groups in total. The number of aliphatic hydroxyl groups excluding tert-OH is 1. The van der Waals surface area contributed by atoms with Crippen LogP contribution in [0.5, 0.6) is 5.75 Å². The molecule has 0 amide bonds. The van der Waals surface area contributed by atoms with Gasteiger partial charge in [-0.25, -0.2) is 4.79 Å². The van der Waals surface area contributed by atoms with E-state index in [1.165, 1.54) is 20.3 Å². The lowest BCUT2D eigenvalue weighted by atomic mass is 9.76. The van der Waals surface area contributed by atoms with E-state index in [1.54, 1.807) is 30.3 Å². The molecule has 0 aromatic heterocycles. The number of allylic oxidation sites excluding steroid dienone is 1. The molecule has 0 saturated heterocycles. The Kier molecular flexibility index (Phi) is 4.61. The molecule has 2 heterocycles. The molecule has 0 radical (unpaired) electrons. The lowest BCUT2D eigenvalue weighted by Gasteiger charge is -2.33. The zero-order chi connectivity index (χ0) is 21.6. The van der Waals surface area contributed by atoms with Gasteiger partial charge in [-0.2, -0.15) is 0 Å². The molecule has 2 aliphatic heterocycles. The smallest absolute Gasteiger partial charge is 0.343 e. The van der Waals surface area contributed by atoms with Crippen molar-refractivity contribution in [3.8, 4) is 5.75 Å². The average Bonchev–Trinajstić information content (AvgIpc) is 2.98. The number of rotatable bonds is 4. The van der Waals surface area contributed by atoms with Crippen molar-refractivity contribution < 1.29 is 33.7 Å². The van der Waals surface area contributed by atoms with Crippen LogP contribution < -0.4 is 4.74 Å². The number of esters is 1. The molecule has 0 bridgehead atoms. The van der Waals surface area contributed by atoms with Gasteiger partial charge in [0, 0.05) is 23.6 Å². The Morgan fingerprint density at radius 3 is 2.63 bits per heavy atom. The maximum Gasteiger partial charge on any atom is 0.343 e. The Morgan fingerprint density at radius 2 is 1.97 bits per heavy atom. The van der Waals surface area contributed by atoms with Crippen molar-refractivity contribution in [1.29, 1.82) is 0 Å². The molecule has 154 valence electrons. The molecule has 30 heavy (non-hydrogen) atoms. The summed E-state index contributed by atoms with van der Waals surface area (Å²) < 4.78 is 15.9. The van der Waals surface area contributed by atoms with Crippen LogP contribution in [0.1, 0.15) is 30.6 Å². The highest BCUT2D eigenvalue weighted by atomic mass is 16.6. The first-order valence-electron chi connectivity index (χ1n) is 9.43. The largest absolute Gasteiger partial charge is 0.507 e. The van der Waals surface area contributed by atoms with Gasteiger partial charge in [0.15, 0.2) is 11.4 Å². The van der Waals surface area contributed by atoms with Crippen LogP contribution in [-0.4, -0.2) is 41.5 Å². The van der Waals surface area contributed by atoms with Gasteiger partial charge in [-0.15, -0.1) is 0 Å². The summed E-state index contributed by atoms with van der Waals surface area (Å²) >= 11 is 0. The number of hydrogen-bond donors (Lipinski definition) is 1. The van der Waals surface area contributed by atoms with Crippen LogP contribution in [0.2, 0.25) is 0 Å².